The third kappa shape index (κ3) is 4.59. The molecule has 1 atom stereocenters. The van der Waals surface area contributed by atoms with Crippen molar-refractivity contribution in [1.82, 2.24) is 0 Å². The highest BCUT2D eigenvalue weighted by Gasteiger charge is 2.29. The highest BCUT2D eigenvalue weighted by Crippen LogP contribution is 2.52. The Bertz CT molecular complexity index is 174. The van der Waals surface area contributed by atoms with E-state index in [-0.39, 0.29) is 5.66 Å². The fraction of sp³-hybridized carbons (Fsp3) is 1.00. The van der Waals surface area contributed by atoms with E-state index in [1.54, 1.807) is 0 Å². The van der Waals surface area contributed by atoms with Gasteiger partial charge in [0.15, 0.2) is 0 Å². The molecule has 0 aliphatic carbocycles. The van der Waals surface area contributed by atoms with E-state index >= 15 is 0 Å². The van der Waals surface area contributed by atoms with Gasteiger partial charge in [-0.15, -0.1) is 0 Å². The first-order chi connectivity index (χ1) is 6.60. The fourth-order valence-corrected chi connectivity index (χ4v) is 2.83. The van der Waals surface area contributed by atoms with E-state index in [0.717, 1.165) is 12.8 Å². The Morgan fingerprint density at radius 1 is 1.14 bits per heavy atom. The zero-order chi connectivity index (χ0) is 11.0. The van der Waals surface area contributed by atoms with Crippen LogP contribution in [0.3, 0.4) is 0 Å². The predicted octanol–water partition coefficient (Wildman–Crippen LogP) is 3.83. The maximum Gasteiger partial charge on any atom is 0.332 e. The first kappa shape index (κ1) is 14.2. The van der Waals surface area contributed by atoms with E-state index in [0.29, 0.717) is 0 Å². The zero-order valence-electron chi connectivity index (χ0n) is 9.78. The summed E-state index contributed by atoms with van der Waals surface area (Å²) >= 11 is 0. The minimum absolute atomic E-state index is 0.00866. The van der Waals surface area contributed by atoms with Crippen molar-refractivity contribution in [2.24, 2.45) is 0 Å². The molecule has 1 unspecified atom stereocenters. The Morgan fingerprint density at radius 2 is 1.71 bits per heavy atom. The van der Waals surface area contributed by atoms with Crippen LogP contribution in [-0.2, 0) is 13.6 Å². The molecule has 0 aromatic heterocycles. The van der Waals surface area contributed by atoms with Crippen LogP contribution < -0.4 is 0 Å². The number of unbranched alkanes of at least 4 members (excludes halogenated alkanes) is 3. The minimum Gasteiger partial charge on any atom is -0.312 e. The first-order valence-electron chi connectivity index (χ1n) is 5.32. The second-order valence-electron chi connectivity index (χ2n) is 3.60. The molecule has 0 heterocycles. The SMILES string of the molecule is CCCCCCC(C)P(=O)(OC)OC. The van der Waals surface area contributed by atoms with E-state index in [9.17, 15) is 4.57 Å². The molecule has 0 bridgehead atoms. The lowest BCUT2D eigenvalue weighted by Gasteiger charge is -2.20. The highest BCUT2D eigenvalue weighted by molar-refractivity contribution is 7.54. The molecule has 86 valence electrons. The first-order valence-corrected chi connectivity index (χ1v) is 6.93. The van der Waals surface area contributed by atoms with Crippen LogP contribution in [0.4, 0.5) is 0 Å². The van der Waals surface area contributed by atoms with Crippen molar-refractivity contribution >= 4 is 7.60 Å². The summed E-state index contributed by atoms with van der Waals surface area (Å²) in [7, 11) is 0.0816. The monoisotopic (exact) mass is 222 g/mol. The topological polar surface area (TPSA) is 35.5 Å². The smallest absolute Gasteiger partial charge is 0.312 e. The average molecular weight is 222 g/mol. The molecule has 14 heavy (non-hydrogen) atoms. The summed E-state index contributed by atoms with van der Waals surface area (Å²) in [4.78, 5) is 0. The molecule has 0 radical (unpaired) electrons. The molecule has 3 nitrogen and oxygen atoms in total. The Balaban J connectivity index is 3.82. The van der Waals surface area contributed by atoms with Crippen molar-refractivity contribution < 1.29 is 13.6 Å². The van der Waals surface area contributed by atoms with Crippen LogP contribution >= 0.6 is 7.60 Å². The van der Waals surface area contributed by atoms with E-state index < -0.39 is 7.60 Å². The molecule has 0 N–H and O–H groups in total. The van der Waals surface area contributed by atoms with Crippen LogP contribution in [0.1, 0.15) is 46.0 Å². The third-order valence-corrected chi connectivity index (χ3v) is 4.88. The van der Waals surface area contributed by atoms with Crippen LogP contribution in [0.5, 0.6) is 0 Å². The van der Waals surface area contributed by atoms with Gasteiger partial charge >= 0.3 is 7.60 Å². The lowest BCUT2D eigenvalue weighted by atomic mass is 10.1. The predicted molar refractivity (Wildman–Crippen MR) is 59.8 cm³/mol. The Morgan fingerprint density at radius 3 is 2.14 bits per heavy atom. The molecule has 0 aliphatic heterocycles. The van der Waals surface area contributed by atoms with Gasteiger partial charge in [0, 0.05) is 14.2 Å². The molecule has 0 aromatic carbocycles. The summed E-state index contributed by atoms with van der Waals surface area (Å²) in [6.45, 7) is 4.11. The molecule has 0 saturated heterocycles. The summed E-state index contributed by atoms with van der Waals surface area (Å²) in [5, 5.41) is 0. The number of hydrogen-bond donors (Lipinski definition) is 0. The summed E-state index contributed by atoms with van der Waals surface area (Å²) in [6, 6.07) is 0. The highest BCUT2D eigenvalue weighted by atomic mass is 31.2. The van der Waals surface area contributed by atoms with Crippen LogP contribution in [0.15, 0.2) is 0 Å². The average Bonchev–Trinajstić information content (AvgIpc) is 2.22. The number of rotatable bonds is 8. The quantitative estimate of drug-likeness (QED) is 0.462. The van der Waals surface area contributed by atoms with E-state index in [1.165, 1.54) is 33.5 Å². The molecule has 0 rings (SSSR count). The summed E-state index contributed by atoms with van der Waals surface area (Å²) < 4.78 is 21.7. The van der Waals surface area contributed by atoms with Gasteiger partial charge in [-0.2, -0.15) is 0 Å². The molecule has 4 heteroatoms. The number of hydrogen-bond acceptors (Lipinski definition) is 3. The lowest BCUT2D eigenvalue weighted by Crippen LogP contribution is -2.06. The second kappa shape index (κ2) is 7.44. The van der Waals surface area contributed by atoms with Gasteiger partial charge in [-0.25, -0.2) is 0 Å². The molecule has 0 fully saturated rings. The van der Waals surface area contributed by atoms with Crippen molar-refractivity contribution in [3.63, 3.8) is 0 Å². The largest absolute Gasteiger partial charge is 0.332 e. The van der Waals surface area contributed by atoms with Gasteiger partial charge in [0.25, 0.3) is 0 Å². The van der Waals surface area contributed by atoms with Gasteiger partial charge in [-0.1, -0.05) is 39.5 Å². The van der Waals surface area contributed by atoms with Crippen molar-refractivity contribution in [3.05, 3.63) is 0 Å². The van der Waals surface area contributed by atoms with Crippen LogP contribution in [0.2, 0.25) is 0 Å². The Labute approximate surface area is 87.7 Å². The Kier molecular flexibility index (Phi) is 7.52. The summed E-state index contributed by atoms with van der Waals surface area (Å²) in [6.07, 6.45) is 5.69. The van der Waals surface area contributed by atoms with E-state index in [2.05, 4.69) is 6.92 Å². The summed E-state index contributed by atoms with van der Waals surface area (Å²) in [5.41, 5.74) is 0.00866. The Hall–Kier alpha value is 0.150. The normalized spacial score (nSPS) is 14.3. The lowest BCUT2D eigenvalue weighted by molar-refractivity contribution is 0.265. The minimum atomic E-state index is -2.82. The molecule has 0 saturated carbocycles. The van der Waals surface area contributed by atoms with Gasteiger partial charge in [-0.05, 0) is 6.42 Å². The van der Waals surface area contributed by atoms with Crippen molar-refractivity contribution in [2.75, 3.05) is 14.2 Å². The molecule has 0 aliphatic rings. The molecule has 0 spiro atoms. The maximum atomic E-state index is 11.9. The molecule has 0 amide bonds. The van der Waals surface area contributed by atoms with Crippen molar-refractivity contribution in [3.8, 4) is 0 Å². The van der Waals surface area contributed by atoms with Crippen molar-refractivity contribution in [1.29, 1.82) is 0 Å². The molecular formula is C10H23O3P. The second-order valence-corrected chi connectivity index (χ2v) is 6.29. The van der Waals surface area contributed by atoms with Crippen LogP contribution in [0.25, 0.3) is 0 Å². The van der Waals surface area contributed by atoms with E-state index in [1.807, 2.05) is 6.92 Å². The third-order valence-electron chi connectivity index (χ3n) is 2.52. The molecular weight excluding hydrogens is 199 g/mol. The van der Waals surface area contributed by atoms with Gasteiger partial charge in [0.1, 0.15) is 0 Å². The van der Waals surface area contributed by atoms with Gasteiger partial charge in [0.05, 0.1) is 5.66 Å². The van der Waals surface area contributed by atoms with Gasteiger partial charge < -0.3 is 9.05 Å². The summed E-state index contributed by atoms with van der Waals surface area (Å²) in [5.74, 6) is 0. The fourth-order valence-electron chi connectivity index (χ4n) is 1.46. The molecule has 0 aromatic rings. The van der Waals surface area contributed by atoms with Gasteiger partial charge in [-0.3, -0.25) is 4.57 Å². The van der Waals surface area contributed by atoms with Crippen molar-refractivity contribution in [2.45, 2.75) is 51.6 Å². The van der Waals surface area contributed by atoms with E-state index in [4.69, 9.17) is 9.05 Å². The van der Waals surface area contributed by atoms with Crippen LogP contribution in [-0.4, -0.2) is 19.9 Å². The standard InChI is InChI=1S/C10H23O3P/c1-5-6-7-8-9-10(2)14(11,12-3)13-4/h10H,5-9H2,1-4H3. The zero-order valence-corrected chi connectivity index (χ0v) is 10.7. The maximum absolute atomic E-state index is 11.9. The van der Waals surface area contributed by atoms with Crippen LogP contribution in [0, 0.1) is 0 Å². The van der Waals surface area contributed by atoms with Gasteiger partial charge in [0.2, 0.25) is 0 Å².